The number of hydrogen-bond donors (Lipinski definition) is 3. The summed E-state index contributed by atoms with van der Waals surface area (Å²) in [5, 5.41) is 27.4. The Morgan fingerprint density at radius 2 is 2.00 bits per heavy atom. The fourth-order valence-electron chi connectivity index (χ4n) is 4.39. The van der Waals surface area contributed by atoms with Crippen LogP contribution in [0, 0.1) is 11.8 Å². The van der Waals surface area contributed by atoms with E-state index in [1.807, 2.05) is 6.08 Å². The van der Waals surface area contributed by atoms with Gasteiger partial charge in [0.05, 0.1) is 17.9 Å². The van der Waals surface area contributed by atoms with Gasteiger partial charge in [-0.3, -0.25) is 4.79 Å². The van der Waals surface area contributed by atoms with Crippen molar-refractivity contribution in [2.75, 3.05) is 0 Å². The first-order valence-electron chi connectivity index (χ1n) is 10.0. The molecule has 29 heavy (non-hydrogen) atoms. The smallest absolute Gasteiger partial charge is 0.265 e. The standard InChI is InChI=1S/C21H23ClN2O5/c22-12-1-2-18-15(7-12)17(26)9-20(28-18)21(27)23-13-3-10(4-13)16-8-19(29-24-16)11-5-14(25)6-11/h1-3,7,10-11,14,17,19-20,25-26H,4-6,8-9H2,(H,23,27)/t10?,11?,14?,17-,19?,20-/m1/s1. The summed E-state index contributed by atoms with van der Waals surface area (Å²) < 4.78 is 5.76. The Morgan fingerprint density at radius 1 is 1.21 bits per heavy atom. The highest BCUT2D eigenvalue weighted by molar-refractivity contribution is 6.30. The molecule has 7 nitrogen and oxygen atoms in total. The Labute approximate surface area is 173 Å². The Hall–Kier alpha value is -2.09. The number of oxime groups is 1. The average molecular weight is 419 g/mol. The van der Waals surface area contributed by atoms with Crippen molar-refractivity contribution in [3.8, 4) is 5.75 Å². The Balaban J connectivity index is 1.14. The summed E-state index contributed by atoms with van der Waals surface area (Å²) in [6.07, 6.45) is 3.59. The van der Waals surface area contributed by atoms with Gasteiger partial charge >= 0.3 is 0 Å². The van der Waals surface area contributed by atoms with E-state index in [1.54, 1.807) is 18.2 Å². The van der Waals surface area contributed by atoms with Crippen LogP contribution in [0.3, 0.4) is 0 Å². The van der Waals surface area contributed by atoms with Gasteiger partial charge in [0, 0.05) is 41.0 Å². The van der Waals surface area contributed by atoms with E-state index >= 15 is 0 Å². The molecule has 0 radical (unpaired) electrons. The van der Waals surface area contributed by atoms with E-state index in [-0.39, 0.29) is 30.5 Å². The number of hydrogen-bond acceptors (Lipinski definition) is 6. The lowest BCUT2D eigenvalue weighted by atomic mass is 9.75. The van der Waals surface area contributed by atoms with Gasteiger partial charge in [-0.25, -0.2) is 0 Å². The number of nitrogens with zero attached hydrogens (tertiary/aromatic N) is 1. The van der Waals surface area contributed by atoms with Crippen molar-refractivity contribution in [3.63, 3.8) is 0 Å². The van der Waals surface area contributed by atoms with Gasteiger partial charge in [0.1, 0.15) is 11.9 Å². The fourth-order valence-corrected chi connectivity index (χ4v) is 4.57. The highest BCUT2D eigenvalue weighted by atomic mass is 35.5. The highest BCUT2D eigenvalue weighted by Crippen LogP contribution is 2.39. The minimum absolute atomic E-state index is 0.0751. The zero-order valence-electron chi connectivity index (χ0n) is 15.8. The summed E-state index contributed by atoms with van der Waals surface area (Å²) >= 11 is 5.96. The predicted octanol–water partition coefficient (Wildman–Crippen LogP) is 2.46. The first-order chi connectivity index (χ1) is 14.0. The molecule has 0 aromatic heterocycles. The second-order valence-electron chi connectivity index (χ2n) is 8.35. The maximum absolute atomic E-state index is 12.6. The zero-order chi connectivity index (χ0) is 20.1. The molecule has 154 valence electrons. The van der Waals surface area contributed by atoms with Crippen LogP contribution in [-0.4, -0.2) is 40.1 Å². The van der Waals surface area contributed by atoms with Crippen LogP contribution in [0.1, 0.15) is 43.8 Å². The van der Waals surface area contributed by atoms with E-state index < -0.39 is 12.2 Å². The van der Waals surface area contributed by atoms with Crippen molar-refractivity contribution in [2.45, 2.75) is 56.5 Å². The van der Waals surface area contributed by atoms with E-state index in [9.17, 15) is 15.0 Å². The molecule has 2 unspecified atom stereocenters. The molecule has 3 N–H and O–H groups in total. The average Bonchev–Trinajstić information content (AvgIpc) is 3.10. The van der Waals surface area contributed by atoms with Crippen LogP contribution < -0.4 is 10.1 Å². The first kappa shape index (κ1) is 18.9. The Bertz CT molecular complexity index is 895. The van der Waals surface area contributed by atoms with E-state index in [2.05, 4.69) is 10.5 Å². The number of ether oxygens (including phenoxy) is 1. The number of carbonyl (C=O) groups is 1. The van der Waals surface area contributed by atoms with Crippen LogP contribution in [0.4, 0.5) is 0 Å². The van der Waals surface area contributed by atoms with Crippen molar-refractivity contribution in [3.05, 3.63) is 40.6 Å². The van der Waals surface area contributed by atoms with E-state index in [0.717, 1.165) is 30.7 Å². The minimum Gasteiger partial charge on any atom is -0.480 e. The molecule has 2 aliphatic carbocycles. The summed E-state index contributed by atoms with van der Waals surface area (Å²) in [7, 11) is 0. The third-order valence-corrected chi connectivity index (χ3v) is 6.51. The van der Waals surface area contributed by atoms with E-state index in [4.69, 9.17) is 21.2 Å². The molecule has 4 aliphatic rings. The van der Waals surface area contributed by atoms with Gasteiger partial charge in [-0.2, -0.15) is 0 Å². The monoisotopic (exact) mass is 418 g/mol. The van der Waals surface area contributed by atoms with Gasteiger partial charge in [0.25, 0.3) is 5.91 Å². The minimum atomic E-state index is -0.789. The van der Waals surface area contributed by atoms with Gasteiger partial charge in [-0.15, -0.1) is 0 Å². The van der Waals surface area contributed by atoms with Crippen molar-refractivity contribution >= 4 is 23.2 Å². The molecule has 1 saturated carbocycles. The second-order valence-corrected chi connectivity index (χ2v) is 8.78. The summed E-state index contributed by atoms with van der Waals surface area (Å²) in [6.45, 7) is 0. The lowest BCUT2D eigenvalue weighted by Crippen LogP contribution is -2.43. The largest absolute Gasteiger partial charge is 0.480 e. The van der Waals surface area contributed by atoms with Gasteiger partial charge < -0.3 is 25.1 Å². The maximum Gasteiger partial charge on any atom is 0.265 e. The van der Waals surface area contributed by atoms with Crippen LogP contribution in [0.5, 0.6) is 5.75 Å². The molecule has 1 aromatic rings. The summed E-state index contributed by atoms with van der Waals surface area (Å²) in [4.78, 5) is 18.1. The number of amides is 1. The third-order valence-electron chi connectivity index (χ3n) is 6.27. The number of halogens is 1. The lowest BCUT2D eigenvalue weighted by molar-refractivity contribution is -0.129. The number of benzene rings is 1. The number of nitrogens with one attached hydrogen (secondary N) is 1. The highest BCUT2D eigenvalue weighted by Gasteiger charge is 2.41. The molecule has 1 fully saturated rings. The maximum atomic E-state index is 12.6. The van der Waals surface area contributed by atoms with Gasteiger partial charge in [0.2, 0.25) is 0 Å². The number of aliphatic hydroxyl groups is 2. The van der Waals surface area contributed by atoms with E-state index in [0.29, 0.717) is 28.7 Å². The summed E-state index contributed by atoms with van der Waals surface area (Å²) in [5.74, 6) is 0.793. The molecule has 5 rings (SSSR count). The first-order valence-corrected chi connectivity index (χ1v) is 10.4. The molecule has 2 heterocycles. The van der Waals surface area contributed by atoms with Crippen molar-refractivity contribution in [2.24, 2.45) is 17.0 Å². The number of rotatable bonds is 4. The van der Waals surface area contributed by atoms with Gasteiger partial charge in [0.15, 0.2) is 6.10 Å². The van der Waals surface area contributed by atoms with Gasteiger partial charge in [-0.1, -0.05) is 22.8 Å². The SMILES string of the molecule is O=C(NC1=CC(C2=NOC(C3CC(O)C3)C2)C1)[C@H]1C[C@@H](O)c2cc(Cl)ccc2O1. The number of aliphatic hydroxyl groups excluding tert-OH is 2. The van der Waals surface area contributed by atoms with Crippen LogP contribution in [0.2, 0.25) is 5.02 Å². The van der Waals surface area contributed by atoms with Crippen LogP contribution in [-0.2, 0) is 9.63 Å². The lowest BCUT2D eigenvalue weighted by Gasteiger charge is -2.34. The topological polar surface area (TPSA) is 100 Å². The van der Waals surface area contributed by atoms with Crippen molar-refractivity contribution in [1.82, 2.24) is 5.32 Å². The molecule has 0 saturated heterocycles. The zero-order valence-corrected chi connectivity index (χ0v) is 16.5. The number of carbonyl (C=O) groups excluding carboxylic acids is 1. The Kier molecular flexibility index (Phi) is 4.76. The molecular weight excluding hydrogens is 396 g/mol. The molecular formula is C21H23ClN2O5. The molecule has 4 atom stereocenters. The van der Waals surface area contributed by atoms with Crippen LogP contribution >= 0.6 is 11.6 Å². The molecule has 1 aromatic carbocycles. The van der Waals surface area contributed by atoms with Crippen molar-refractivity contribution < 1.29 is 24.6 Å². The molecule has 8 heteroatoms. The number of allylic oxidation sites excluding steroid dienone is 2. The molecule has 0 spiro atoms. The van der Waals surface area contributed by atoms with Crippen molar-refractivity contribution in [1.29, 1.82) is 0 Å². The quantitative estimate of drug-likeness (QED) is 0.697. The van der Waals surface area contributed by atoms with Gasteiger partial charge in [-0.05, 0) is 37.5 Å². The predicted molar refractivity (Wildman–Crippen MR) is 105 cm³/mol. The summed E-state index contributed by atoms with van der Waals surface area (Å²) in [6, 6.07) is 5.01. The van der Waals surface area contributed by atoms with E-state index in [1.165, 1.54) is 0 Å². The van der Waals surface area contributed by atoms with Crippen LogP contribution in [0.15, 0.2) is 35.1 Å². The third kappa shape index (κ3) is 3.63. The molecule has 0 bridgehead atoms. The Morgan fingerprint density at radius 3 is 2.76 bits per heavy atom. The number of fused-ring (bicyclic) bond motifs is 1. The summed E-state index contributed by atoms with van der Waals surface area (Å²) in [5.41, 5.74) is 2.45. The van der Waals surface area contributed by atoms with Crippen LogP contribution in [0.25, 0.3) is 0 Å². The molecule has 1 amide bonds. The second kappa shape index (κ2) is 7.31. The fraction of sp³-hybridized carbons (Fsp3) is 0.524. The normalized spacial score (nSPS) is 35.1. The molecule has 2 aliphatic heterocycles.